The van der Waals surface area contributed by atoms with E-state index in [0.717, 1.165) is 6.61 Å². The van der Waals surface area contributed by atoms with E-state index >= 15 is 0 Å². The van der Waals surface area contributed by atoms with E-state index in [1.165, 1.54) is 37.4 Å². The van der Waals surface area contributed by atoms with Crippen molar-refractivity contribution >= 4 is 8.81 Å². The summed E-state index contributed by atoms with van der Waals surface area (Å²) in [5.41, 5.74) is 1.44. The molecule has 0 aliphatic heterocycles. The van der Waals surface area contributed by atoms with Crippen molar-refractivity contribution in [1.82, 2.24) is 0 Å². The summed E-state index contributed by atoms with van der Waals surface area (Å²) in [6, 6.07) is 10.7. The van der Waals surface area contributed by atoms with Gasteiger partial charge in [-0.2, -0.15) is 0 Å². The van der Waals surface area contributed by atoms with E-state index in [1.54, 1.807) is 0 Å². The molecule has 0 heterocycles. The average Bonchev–Trinajstić information content (AvgIpc) is 2.29. The van der Waals surface area contributed by atoms with Crippen molar-refractivity contribution in [2.45, 2.75) is 32.6 Å². The maximum atomic E-state index is 5.54. The second-order valence-corrected chi connectivity index (χ2v) is 4.76. The topological polar surface area (TPSA) is 9.23 Å². The highest BCUT2D eigenvalue weighted by molar-refractivity contribution is 7.32. The molecule has 1 atom stereocenters. The van der Waals surface area contributed by atoms with Gasteiger partial charge in [0.25, 0.3) is 0 Å². The molecule has 0 N–H and O–H groups in total. The highest BCUT2D eigenvalue weighted by atomic mass is 31.1. The summed E-state index contributed by atoms with van der Waals surface area (Å²) in [6.45, 7) is 3.14. The standard InChI is InChI=1S/C13H21OP/c1-2-3-11-14-15-12-7-10-13-8-5-4-6-9-13/h4-6,8-9,15H,2-3,7,10-12H2,1H3. The number of hydrogen-bond donors (Lipinski definition) is 0. The molecule has 0 aromatic heterocycles. The quantitative estimate of drug-likeness (QED) is 0.478. The molecule has 0 amide bonds. The van der Waals surface area contributed by atoms with E-state index in [9.17, 15) is 0 Å². The summed E-state index contributed by atoms with van der Waals surface area (Å²) in [6.07, 6.45) is 6.07. The Morgan fingerprint density at radius 1 is 1.13 bits per heavy atom. The van der Waals surface area contributed by atoms with Gasteiger partial charge in [0.2, 0.25) is 0 Å². The lowest BCUT2D eigenvalue weighted by atomic mass is 10.1. The van der Waals surface area contributed by atoms with Gasteiger partial charge >= 0.3 is 0 Å². The number of rotatable bonds is 8. The molecule has 1 nitrogen and oxygen atoms in total. The maximum Gasteiger partial charge on any atom is 0.0505 e. The van der Waals surface area contributed by atoms with Crippen LogP contribution in [0.25, 0.3) is 0 Å². The van der Waals surface area contributed by atoms with E-state index in [0.29, 0.717) is 8.81 Å². The molecule has 1 unspecified atom stereocenters. The first-order chi connectivity index (χ1) is 7.43. The van der Waals surface area contributed by atoms with Crippen molar-refractivity contribution in [2.75, 3.05) is 12.8 Å². The van der Waals surface area contributed by atoms with Crippen LogP contribution in [0.5, 0.6) is 0 Å². The van der Waals surface area contributed by atoms with Crippen LogP contribution in [0.15, 0.2) is 30.3 Å². The Morgan fingerprint density at radius 2 is 1.93 bits per heavy atom. The SMILES string of the molecule is CCCCOPCCCc1ccccc1. The van der Waals surface area contributed by atoms with Crippen molar-refractivity contribution in [3.05, 3.63) is 35.9 Å². The van der Waals surface area contributed by atoms with Crippen LogP contribution in [-0.4, -0.2) is 12.8 Å². The molecule has 0 aliphatic rings. The lowest BCUT2D eigenvalue weighted by molar-refractivity contribution is 0.351. The molecule has 1 aromatic rings. The van der Waals surface area contributed by atoms with Crippen LogP contribution < -0.4 is 0 Å². The van der Waals surface area contributed by atoms with Crippen LogP contribution in [0.3, 0.4) is 0 Å². The monoisotopic (exact) mass is 224 g/mol. The molecule has 1 rings (SSSR count). The molecule has 0 fully saturated rings. The van der Waals surface area contributed by atoms with Crippen LogP contribution in [-0.2, 0) is 10.9 Å². The predicted molar refractivity (Wildman–Crippen MR) is 68.8 cm³/mol. The van der Waals surface area contributed by atoms with Crippen LogP contribution in [0, 0.1) is 0 Å². The molecule has 15 heavy (non-hydrogen) atoms. The third-order valence-electron chi connectivity index (χ3n) is 2.29. The Labute approximate surface area is 95.1 Å². The third-order valence-corrected chi connectivity index (χ3v) is 3.26. The fourth-order valence-electron chi connectivity index (χ4n) is 1.37. The lowest BCUT2D eigenvalue weighted by Gasteiger charge is -2.03. The second-order valence-electron chi connectivity index (χ2n) is 3.69. The molecule has 0 aliphatic carbocycles. The smallest absolute Gasteiger partial charge is 0.0505 e. The second kappa shape index (κ2) is 8.88. The van der Waals surface area contributed by atoms with Crippen molar-refractivity contribution in [3.8, 4) is 0 Å². The van der Waals surface area contributed by atoms with E-state index in [4.69, 9.17) is 4.52 Å². The molecule has 0 spiro atoms. The number of unbranched alkanes of at least 4 members (excludes halogenated alkanes) is 1. The molecule has 0 bridgehead atoms. The van der Waals surface area contributed by atoms with Gasteiger partial charge in [-0.3, -0.25) is 0 Å². The minimum Gasteiger partial charge on any atom is -0.362 e. The van der Waals surface area contributed by atoms with Gasteiger partial charge in [-0.15, -0.1) is 0 Å². The van der Waals surface area contributed by atoms with Gasteiger partial charge in [-0.1, -0.05) is 43.7 Å². The number of benzene rings is 1. The Bertz CT molecular complexity index is 236. The van der Waals surface area contributed by atoms with Gasteiger partial charge in [-0.05, 0) is 31.0 Å². The molecule has 2 heteroatoms. The van der Waals surface area contributed by atoms with Crippen LogP contribution in [0.2, 0.25) is 0 Å². The molecule has 84 valence electrons. The van der Waals surface area contributed by atoms with Crippen molar-refractivity contribution in [1.29, 1.82) is 0 Å². The number of aryl methyl sites for hydroxylation is 1. The summed E-state index contributed by atoms with van der Waals surface area (Å²) < 4.78 is 5.54. The van der Waals surface area contributed by atoms with E-state index < -0.39 is 0 Å². The van der Waals surface area contributed by atoms with Crippen LogP contribution >= 0.6 is 8.81 Å². The normalized spacial score (nSPS) is 11.3. The third kappa shape index (κ3) is 6.65. The highest BCUT2D eigenvalue weighted by Crippen LogP contribution is 2.15. The summed E-state index contributed by atoms with van der Waals surface area (Å²) in [7, 11) is 0.694. The van der Waals surface area contributed by atoms with Crippen LogP contribution in [0.4, 0.5) is 0 Å². The van der Waals surface area contributed by atoms with E-state index in [-0.39, 0.29) is 0 Å². The summed E-state index contributed by atoms with van der Waals surface area (Å²) in [5.74, 6) is 0. The van der Waals surface area contributed by atoms with Gasteiger partial charge in [0.1, 0.15) is 0 Å². The molecule has 0 saturated carbocycles. The van der Waals surface area contributed by atoms with Gasteiger partial charge < -0.3 is 4.52 Å². The minimum absolute atomic E-state index is 0.694. The van der Waals surface area contributed by atoms with Gasteiger partial charge in [-0.25, -0.2) is 0 Å². The Morgan fingerprint density at radius 3 is 2.67 bits per heavy atom. The Kier molecular flexibility index (Phi) is 7.51. The zero-order chi connectivity index (χ0) is 10.8. The fourth-order valence-corrected chi connectivity index (χ4v) is 2.12. The van der Waals surface area contributed by atoms with Crippen molar-refractivity contribution in [2.24, 2.45) is 0 Å². The lowest BCUT2D eigenvalue weighted by Crippen LogP contribution is -1.88. The van der Waals surface area contributed by atoms with E-state index in [2.05, 4.69) is 37.3 Å². The first kappa shape index (κ1) is 12.7. The first-order valence-electron chi connectivity index (χ1n) is 5.82. The summed E-state index contributed by atoms with van der Waals surface area (Å²) in [5, 5.41) is 0. The first-order valence-corrected chi connectivity index (χ1v) is 6.93. The highest BCUT2D eigenvalue weighted by Gasteiger charge is 1.92. The molecule has 0 radical (unpaired) electrons. The molecular formula is C13H21OP. The molecule has 0 saturated heterocycles. The summed E-state index contributed by atoms with van der Waals surface area (Å²) >= 11 is 0. The van der Waals surface area contributed by atoms with Gasteiger partial charge in [0.05, 0.1) is 6.61 Å². The zero-order valence-corrected chi connectivity index (χ0v) is 10.5. The van der Waals surface area contributed by atoms with Gasteiger partial charge in [0.15, 0.2) is 0 Å². The molecule has 1 aromatic carbocycles. The van der Waals surface area contributed by atoms with E-state index in [1.807, 2.05) is 0 Å². The fraction of sp³-hybridized carbons (Fsp3) is 0.538. The number of hydrogen-bond acceptors (Lipinski definition) is 1. The Balaban J connectivity index is 1.93. The average molecular weight is 224 g/mol. The largest absolute Gasteiger partial charge is 0.362 e. The molecular weight excluding hydrogens is 203 g/mol. The van der Waals surface area contributed by atoms with Crippen molar-refractivity contribution < 1.29 is 4.52 Å². The Hall–Kier alpha value is -0.390. The predicted octanol–water partition coefficient (Wildman–Crippen LogP) is 4.03. The van der Waals surface area contributed by atoms with Crippen LogP contribution in [0.1, 0.15) is 31.7 Å². The minimum atomic E-state index is 0.694. The van der Waals surface area contributed by atoms with Gasteiger partial charge in [0, 0.05) is 8.81 Å². The maximum absolute atomic E-state index is 5.54. The summed E-state index contributed by atoms with van der Waals surface area (Å²) in [4.78, 5) is 0. The van der Waals surface area contributed by atoms with Crippen molar-refractivity contribution in [3.63, 3.8) is 0 Å². The zero-order valence-electron chi connectivity index (χ0n) is 9.54.